The number of carbonyl (C=O) groups is 2. The van der Waals surface area contributed by atoms with Crippen molar-refractivity contribution in [2.45, 2.75) is 45.0 Å². The van der Waals surface area contributed by atoms with Gasteiger partial charge < -0.3 is 9.84 Å². The number of phenolic OH excluding ortho intramolecular Hbond substituents is 1. The van der Waals surface area contributed by atoms with E-state index >= 15 is 0 Å². The highest BCUT2D eigenvalue weighted by atomic mass is 16.7. The number of fused-ring (bicyclic) bond motifs is 1. The summed E-state index contributed by atoms with van der Waals surface area (Å²) in [5.74, 6) is -0.781. The standard InChI is InChI=1S/C23H26N2O5/c1-23(2,3)25-19(16-11-10-15(26)12-17(16)29-4)18-20(30-25)22(28)24(21(18)27)13-14-8-6-5-7-9-14/h5-12,18-20,26H,13H2,1-4H3. The lowest BCUT2D eigenvalue weighted by molar-refractivity contribution is -0.216. The molecule has 0 bridgehead atoms. The lowest BCUT2D eigenvalue weighted by Gasteiger charge is -2.37. The van der Waals surface area contributed by atoms with Crippen molar-refractivity contribution < 1.29 is 24.3 Å². The summed E-state index contributed by atoms with van der Waals surface area (Å²) in [5, 5.41) is 11.6. The Labute approximate surface area is 175 Å². The Balaban J connectivity index is 1.74. The van der Waals surface area contributed by atoms with Crippen molar-refractivity contribution in [1.29, 1.82) is 0 Å². The van der Waals surface area contributed by atoms with Crippen LogP contribution in [0.15, 0.2) is 48.5 Å². The fraction of sp³-hybridized carbons (Fsp3) is 0.391. The van der Waals surface area contributed by atoms with Gasteiger partial charge in [-0.25, -0.2) is 0 Å². The zero-order valence-corrected chi connectivity index (χ0v) is 17.5. The molecule has 2 fully saturated rings. The molecule has 2 heterocycles. The van der Waals surface area contributed by atoms with Crippen LogP contribution in [0.1, 0.15) is 37.9 Å². The van der Waals surface area contributed by atoms with E-state index in [-0.39, 0.29) is 24.1 Å². The van der Waals surface area contributed by atoms with Gasteiger partial charge in [-0.1, -0.05) is 30.3 Å². The summed E-state index contributed by atoms with van der Waals surface area (Å²) < 4.78 is 5.48. The molecule has 2 aromatic carbocycles. The van der Waals surface area contributed by atoms with Crippen molar-refractivity contribution in [1.82, 2.24) is 9.96 Å². The zero-order chi connectivity index (χ0) is 21.6. The van der Waals surface area contributed by atoms with E-state index in [0.717, 1.165) is 5.56 Å². The molecule has 7 nitrogen and oxygen atoms in total. The summed E-state index contributed by atoms with van der Waals surface area (Å²) in [6, 6.07) is 13.7. The van der Waals surface area contributed by atoms with Gasteiger partial charge in [0.15, 0.2) is 6.10 Å². The summed E-state index contributed by atoms with van der Waals surface area (Å²) in [6.07, 6.45) is -0.885. The van der Waals surface area contributed by atoms with E-state index in [1.54, 1.807) is 17.2 Å². The van der Waals surface area contributed by atoms with E-state index < -0.39 is 23.6 Å². The molecule has 3 atom stereocenters. The number of rotatable bonds is 4. The Morgan fingerprint density at radius 2 is 1.77 bits per heavy atom. The first-order chi connectivity index (χ1) is 14.2. The van der Waals surface area contributed by atoms with E-state index in [2.05, 4.69) is 0 Å². The number of likely N-dealkylation sites (tertiary alicyclic amines) is 1. The number of ether oxygens (including phenoxy) is 1. The summed E-state index contributed by atoms with van der Waals surface area (Å²) >= 11 is 0. The summed E-state index contributed by atoms with van der Waals surface area (Å²) in [5.41, 5.74) is 1.11. The number of hydroxylamine groups is 2. The lowest BCUT2D eigenvalue weighted by Crippen LogP contribution is -2.44. The van der Waals surface area contributed by atoms with Gasteiger partial charge in [-0.2, -0.15) is 5.06 Å². The van der Waals surface area contributed by atoms with Crippen molar-refractivity contribution in [2.24, 2.45) is 5.92 Å². The predicted octanol–water partition coefficient (Wildman–Crippen LogP) is 3.04. The lowest BCUT2D eigenvalue weighted by atomic mass is 9.88. The van der Waals surface area contributed by atoms with Crippen LogP contribution in [-0.2, 0) is 21.0 Å². The summed E-state index contributed by atoms with van der Waals surface area (Å²) in [6.45, 7) is 6.10. The van der Waals surface area contributed by atoms with E-state index in [1.807, 2.05) is 51.1 Å². The van der Waals surface area contributed by atoms with Crippen LogP contribution < -0.4 is 4.74 Å². The minimum absolute atomic E-state index is 0.0629. The third-order valence-electron chi connectivity index (χ3n) is 5.59. The maximum Gasteiger partial charge on any atom is 0.261 e. The van der Waals surface area contributed by atoms with E-state index in [9.17, 15) is 14.7 Å². The van der Waals surface area contributed by atoms with Crippen molar-refractivity contribution in [3.05, 3.63) is 59.7 Å². The fourth-order valence-corrected chi connectivity index (χ4v) is 4.23. The van der Waals surface area contributed by atoms with Crippen molar-refractivity contribution >= 4 is 11.8 Å². The number of phenols is 1. The van der Waals surface area contributed by atoms with Crippen LogP contribution in [0.2, 0.25) is 0 Å². The highest BCUT2D eigenvalue weighted by molar-refractivity contribution is 6.07. The number of hydrogen-bond acceptors (Lipinski definition) is 6. The molecule has 0 spiro atoms. The van der Waals surface area contributed by atoms with Gasteiger partial charge in [-0.05, 0) is 38.5 Å². The smallest absolute Gasteiger partial charge is 0.261 e. The van der Waals surface area contributed by atoms with Gasteiger partial charge in [0.1, 0.15) is 11.5 Å². The SMILES string of the molecule is COc1cc(O)ccc1C1C2C(=O)N(Cc3ccccc3)C(=O)C2ON1C(C)(C)C. The van der Waals surface area contributed by atoms with Gasteiger partial charge >= 0.3 is 0 Å². The van der Waals surface area contributed by atoms with E-state index in [1.165, 1.54) is 18.1 Å². The molecule has 0 saturated carbocycles. The monoisotopic (exact) mass is 410 g/mol. The minimum atomic E-state index is -0.885. The van der Waals surface area contributed by atoms with E-state index in [4.69, 9.17) is 9.57 Å². The molecule has 0 radical (unpaired) electrons. The van der Waals surface area contributed by atoms with Gasteiger partial charge in [0.25, 0.3) is 5.91 Å². The maximum absolute atomic E-state index is 13.4. The molecule has 4 rings (SSSR count). The van der Waals surface area contributed by atoms with Crippen LogP contribution in [0, 0.1) is 5.92 Å². The Bertz CT molecular complexity index is 969. The topological polar surface area (TPSA) is 79.3 Å². The molecule has 1 N–H and O–H groups in total. The van der Waals surface area contributed by atoms with Gasteiger partial charge in [0.05, 0.1) is 25.6 Å². The second kappa shape index (κ2) is 7.41. The molecular formula is C23H26N2O5. The molecule has 2 amide bonds. The molecule has 0 aromatic heterocycles. The number of methoxy groups -OCH3 is 1. The first-order valence-corrected chi connectivity index (χ1v) is 9.94. The van der Waals surface area contributed by atoms with Crippen LogP contribution in [-0.4, -0.2) is 45.6 Å². The quantitative estimate of drug-likeness (QED) is 0.781. The third-order valence-corrected chi connectivity index (χ3v) is 5.59. The third kappa shape index (κ3) is 3.34. The van der Waals surface area contributed by atoms with Crippen LogP contribution in [0.5, 0.6) is 11.5 Å². The Morgan fingerprint density at radius 1 is 1.07 bits per heavy atom. The Kier molecular flexibility index (Phi) is 5.03. The van der Waals surface area contributed by atoms with Gasteiger partial charge in [0.2, 0.25) is 5.91 Å². The van der Waals surface area contributed by atoms with Crippen molar-refractivity contribution in [2.75, 3.05) is 7.11 Å². The number of carbonyl (C=O) groups excluding carboxylic acids is 2. The summed E-state index contributed by atoms with van der Waals surface area (Å²) in [7, 11) is 1.51. The molecule has 2 aliphatic heterocycles. The predicted molar refractivity (Wildman–Crippen MR) is 109 cm³/mol. The second-order valence-corrected chi connectivity index (χ2v) is 8.67. The highest BCUT2D eigenvalue weighted by Gasteiger charge is 2.61. The van der Waals surface area contributed by atoms with Gasteiger partial charge in [-0.3, -0.25) is 19.3 Å². The Hall–Kier alpha value is -2.90. The highest BCUT2D eigenvalue weighted by Crippen LogP contribution is 2.50. The number of hydrogen-bond donors (Lipinski definition) is 1. The first-order valence-electron chi connectivity index (χ1n) is 9.94. The van der Waals surface area contributed by atoms with Crippen LogP contribution in [0.25, 0.3) is 0 Å². The number of imide groups is 1. The average molecular weight is 410 g/mol. The van der Waals surface area contributed by atoms with Crippen molar-refractivity contribution in [3.63, 3.8) is 0 Å². The van der Waals surface area contributed by atoms with Gasteiger partial charge in [0, 0.05) is 17.2 Å². The van der Waals surface area contributed by atoms with Crippen LogP contribution >= 0.6 is 0 Å². The van der Waals surface area contributed by atoms with Crippen LogP contribution in [0.4, 0.5) is 0 Å². The molecule has 0 aliphatic carbocycles. The number of benzene rings is 2. The number of amides is 2. The Morgan fingerprint density at radius 3 is 2.40 bits per heavy atom. The maximum atomic E-state index is 13.4. The normalized spacial score (nSPS) is 24.4. The number of aromatic hydroxyl groups is 1. The zero-order valence-electron chi connectivity index (χ0n) is 17.5. The summed E-state index contributed by atoms with van der Waals surface area (Å²) in [4.78, 5) is 34.0. The second-order valence-electron chi connectivity index (χ2n) is 8.67. The minimum Gasteiger partial charge on any atom is -0.508 e. The molecule has 2 aliphatic rings. The first kappa shape index (κ1) is 20.4. The molecule has 2 saturated heterocycles. The number of nitrogens with zero attached hydrogens (tertiary/aromatic N) is 2. The van der Waals surface area contributed by atoms with Gasteiger partial charge in [-0.15, -0.1) is 0 Å². The average Bonchev–Trinajstić information content (AvgIpc) is 3.21. The molecule has 2 aromatic rings. The van der Waals surface area contributed by atoms with Crippen LogP contribution in [0.3, 0.4) is 0 Å². The van der Waals surface area contributed by atoms with E-state index in [0.29, 0.717) is 11.3 Å². The molecule has 7 heteroatoms. The molecular weight excluding hydrogens is 384 g/mol. The molecule has 30 heavy (non-hydrogen) atoms. The molecule has 158 valence electrons. The largest absolute Gasteiger partial charge is 0.508 e. The fourth-order valence-electron chi connectivity index (χ4n) is 4.23. The van der Waals surface area contributed by atoms with Crippen molar-refractivity contribution in [3.8, 4) is 11.5 Å². The molecule has 3 unspecified atom stereocenters.